The zero-order chi connectivity index (χ0) is 12.5. The Morgan fingerprint density at radius 2 is 1.94 bits per heavy atom. The van der Waals surface area contributed by atoms with Crippen molar-refractivity contribution in [1.82, 2.24) is 5.32 Å². The van der Waals surface area contributed by atoms with E-state index in [2.05, 4.69) is 24.5 Å². The summed E-state index contributed by atoms with van der Waals surface area (Å²) in [6.07, 6.45) is 3.33. The van der Waals surface area contributed by atoms with E-state index in [9.17, 15) is 4.79 Å². The Kier molecular flexibility index (Phi) is 6.33. The minimum Gasteiger partial charge on any atom is -0.325 e. The van der Waals surface area contributed by atoms with Gasteiger partial charge in [-0.3, -0.25) is 4.79 Å². The van der Waals surface area contributed by atoms with Crippen LogP contribution in [0.15, 0.2) is 30.3 Å². The monoisotopic (exact) mass is 234 g/mol. The molecule has 0 bridgehead atoms. The normalized spacial score (nSPS) is 12.1. The van der Waals surface area contributed by atoms with Gasteiger partial charge in [0.2, 0.25) is 5.91 Å². The van der Waals surface area contributed by atoms with Gasteiger partial charge in [-0.2, -0.15) is 0 Å². The summed E-state index contributed by atoms with van der Waals surface area (Å²) in [6.45, 7) is 4.68. The molecule has 1 aromatic carbocycles. The Hall–Kier alpha value is -1.35. The molecule has 1 unspecified atom stereocenters. The van der Waals surface area contributed by atoms with Crippen LogP contribution in [0.3, 0.4) is 0 Å². The van der Waals surface area contributed by atoms with Gasteiger partial charge in [-0.25, -0.2) is 0 Å². The predicted octanol–water partition coefficient (Wildman–Crippen LogP) is 2.79. The van der Waals surface area contributed by atoms with E-state index < -0.39 is 0 Å². The fraction of sp³-hybridized carbons (Fsp3) is 0.500. The van der Waals surface area contributed by atoms with Gasteiger partial charge >= 0.3 is 0 Å². The van der Waals surface area contributed by atoms with E-state index in [1.807, 2.05) is 30.3 Å². The number of hydrogen-bond acceptors (Lipinski definition) is 2. The molecule has 2 N–H and O–H groups in total. The molecule has 0 aliphatic heterocycles. The van der Waals surface area contributed by atoms with Crippen LogP contribution in [0.25, 0.3) is 0 Å². The Morgan fingerprint density at radius 1 is 1.24 bits per heavy atom. The highest BCUT2D eigenvalue weighted by molar-refractivity contribution is 5.92. The SMILES string of the molecule is CCCC(CC)NCC(=O)Nc1ccccc1. The van der Waals surface area contributed by atoms with Gasteiger partial charge in [-0.05, 0) is 25.0 Å². The van der Waals surface area contributed by atoms with Crippen molar-refractivity contribution in [3.8, 4) is 0 Å². The number of benzene rings is 1. The molecule has 0 aliphatic carbocycles. The Bertz CT molecular complexity index is 324. The van der Waals surface area contributed by atoms with Gasteiger partial charge in [0, 0.05) is 11.7 Å². The summed E-state index contributed by atoms with van der Waals surface area (Å²) in [5.74, 6) is 0.0192. The molecule has 3 nitrogen and oxygen atoms in total. The van der Waals surface area contributed by atoms with E-state index in [4.69, 9.17) is 0 Å². The van der Waals surface area contributed by atoms with Crippen LogP contribution in [-0.4, -0.2) is 18.5 Å². The average Bonchev–Trinajstić information content (AvgIpc) is 2.35. The third-order valence-corrected chi connectivity index (χ3v) is 2.74. The van der Waals surface area contributed by atoms with E-state index in [0.29, 0.717) is 12.6 Å². The van der Waals surface area contributed by atoms with Crippen molar-refractivity contribution < 1.29 is 4.79 Å². The van der Waals surface area contributed by atoms with E-state index >= 15 is 0 Å². The van der Waals surface area contributed by atoms with Crippen LogP contribution in [0.5, 0.6) is 0 Å². The van der Waals surface area contributed by atoms with Gasteiger partial charge in [0.25, 0.3) is 0 Å². The lowest BCUT2D eigenvalue weighted by molar-refractivity contribution is -0.115. The minimum absolute atomic E-state index is 0.0192. The van der Waals surface area contributed by atoms with Crippen LogP contribution in [-0.2, 0) is 4.79 Å². The summed E-state index contributed by atoms with van der Waals surface area (Å²) in [5, 5.41) is 6.14. The van der Waals surface area contributed by atoms with Gasteiger partial charge in [-0.1, -0.05) is 38.5 Å². The molecule has 3 heteroatoms. The fourth-order valence-corrected chi connectivity index (χ4v) is 1.76. The molecule has 0 fully saturated rings. The van der Waals surface area contributed by atoms with E-state index in [1.165, 1.54) is 0 Å². The topological polar surface area (TPSA) is 41.1 Å². The zero-order valence-electron chi connectivity index (χ0n) is 10.7. The molecule has 94 valence electrons. The largest absolute Gasteiger partial charge is 0.325 e. The van der Waals surface area contributed by atoms with Crippen LogP contribution >= 0.6 is 0 Å². The van der Waals surface area contributed by atoms with Crippen molar-refractivity contribution in [2.45, 2.75) is 39.2 Å². The van der Waals surface area contributed by atoms with E-state index in [0.717, 1.165) is 24.9 Å². The van der Waals surface area contributed by atoms with Crippen molar-refractivity contribution in [3.05, 3.63) is 30.3 Å². The lowest BCUT2D eigenvalue weighted by Gasteiger charge is -2.15. The number of rotatable bonds is 7. The number of hydrogen-bond donors (Lipinski definition) is 2. The molecule has 1 atom stereocenters. The highest BCUT2D eigenvalue weighted by Crippen LogP contribution is 2.04. The second-order valence-corrected chi connectivity index (χ2v) is 4.19. The highest BCUT2D eigenvalue weighted by atomic mass is 16.1. The number of nitrogens with one attached hydrogen (secondary N) is 2. The number of carbonyl (C=O) groups is 1. The molecule has 0 radical (unpaired) electrons. The molecule has 0 aromatic heterocycles. The summed E-state index contributed by atoms with van der Waals surface area (Å²) in [6, 6.07) is 9.98. The number of carbonyl (C=O) groups excluding carboxylic acids is 1. The number of para-hydroxylation sites is 1. The van der Waals surface area contributed by atoms with Crippen LogP contribution in [0.2, 0.25) is 0 Å². The summed E-state index contributed by atoms with van der Waals surface area (Å²) in [5.41, 5.74) is 0.850. The van der Waals surface area contributed by atoms with Gasteiger partial charge in [0.1, 0.15) is 0 Å². The molecule has 0 saturated carbocycles. The van der Waals surface area contributed by atoms with Crippen molar-refractivity contribution in [3.63, 3.8) is 0 Å². The third-order valence-electron chi connectivity index (χ3n) is 2.74. The Morgan fingerprint density at radius 3 is 2.53 bits per heavy atom. The van der Waals surface area contributed by atoms with Crippen molar-refractivity contribution in [2.75, 3.05) is 11.9 Å². The molecule has 1 aromatic rings. The second kappa shape index (κ2) is 7.85. The standard InChI is InChI=1S/C14H22N2O/c1-3-8-12(4-2)15-11-14(17)16-13-9-6-5-7-10-13/h5-7,9-10,12,15H,3-4,8,11H2,1-2H3,(H,16,17). The molecular formula is C14H22N2O. The Labute approximate surface area is 104 Å². The second-order valence-electron chi connectivity index (χ2n) is 4.19. The first-order chi connectivity index (χ1) is 8.26. The van der Waals surface area contributed by atoms with Crippen LogP contribution in [0, 0.1) is 0 Å². The summed E-state index contributed by atoms with van der Waals surface area (Å²) >= 11 is 0. The van der Waals surface area contributed by atoms with Crippen molar-refractivity contribution in [1.29, 1.82) is 0 Å². The first kappa shape index (κ1) is 13.7. The molecular weight excluding hydrogens is 212 g/mol. The van der Waals surface area contributed by atoms with Gasteiger partial charge in [-0.15, -0.1) is 0 Å². The van der Waals surface area contributed by atoms with Crippen LogP contribution in [0.1, 0.15) is 33.1 Å². The van der Waals surface area contributed by atoms with E-state index in [1.54, 1.807) is 0 Å². The molecule has 1 amide bonds. The number of amides is 1. The molecule has 0 spiro atoms. The molecule has 0 heterocycles. The van der Waals surface area contributed by atoms with Crippen LogP contribution < -0.4 is 10.6 Å². The predicted molar refractivity (Wildman–Crippen MR) is 72.1 cm³/mol. The quantitative estimate of drug-likeness (QED) is 0.761. The average molecular weight is 234 g/mol. The fourth-order valence-electron chi connectivity index (χ4n) is 1.76. The molecule has 0 saturated heterocycles. The lowest BCUT2D eigenvalue weighted by Crippen LogP contribution is -2.35. The lowest BCUT2D eigenvalue weighted by atomic mass is 10.1. The molecule has 0 aliphatic rings. The van der Waals surface area contributed by atoms with Crippen molar-refractivity contribution in [2.24, 2.45) is 0 Å². The highest BCUT2D eigenvalue weighted by Gasteiger charge is 2.07. The van der Waals surface area contributed by atoms with Gasteiger partial charge in [0.15, 0.2) is 0 Å². The third kappa shape index (κ3) is 5.50. The maximum Gasteiger partial charge on any atom is 0.238 e. The summed E-state index contributed by atoms with van der Waals surface area (Å²) in [7, 11) is 0. The summed E-state index contributed by atoms with van der Waals surface area (Å²) in [4.78, 5) is 11.7. The number of anilines is 1. The van der Waals surface area contributed by atoms with Crippen molar-refractivity contribution >= 4 is 11.6 Å². The maximum absolute atomic E-state index is 11.7. The maximum atomic E-state index is 11.7. The first-order valence-corrected chi connectivity index (χ1v) is 6.34. The minimum atomic E-state index is 0.0192. The molecule has 1 rings (SSSR count). The first-order valence-electron chi connectivity index (χ1n) is 6.34. The molecule has 17 heavy (non-hydrogen) atoms. The van der Waals surface area contributed by atoms with Gasteiger partial charge in [0.05, 0.1) is 6.54 Å². The van der Waals surface area contributed by atoms with Crippen LogP contribution in [0.4, 0.5) is 5.69 Å². The van der Waals surface area contributed by atoms with E-state index in [-0.39, 0.29) is 5.91 Å². The smallest absolute Gasteiger partial charge is 0.238 e. The zero-order valence-corrected chi connectivity index (χ0v) is 10.7. The summed E-state index contributed by atoms with van der Waals surface area (Å²) < 4.78 is 0. The Balaban J connectivity index is 2.30. The van der Waals surface area contributed by atoms with Gasteiger partial charge < -0.3 is 10.6 Å².